The van der Waals surface area contributed by atoms with Crippen LogP contribution in [0.15, 0.2) is 30.3 Å². The van der Waals surface area contributed by atoms with Crippen molar-refractivity contribution in [1.29, 1.82) is 0 Å². The number of para-hydroxylation sites is 1. The number of nitrogens with zero attached hydrogens (tertiary/aromatic N) is 2. The molecule has 0 bridgehead atoms. The fourth-order valence-corrected chi connectivity index (χ4v) is 3.41. The van der Waals surface area contributed by atoms with Crippen LogP contribution in [0.2, 0.25) is 0 Å². The molecule has 1 aliphatic heterocycles. The van der Waals surface area contributed by atoms with E-state index in [1.807, 2.05) is 67.6 Å². The molecule has 2 heterocycles. The first-order valence-electron chi connectivity index (χ1n) is 9.08. The maximum absolute atomic E-state index is 13.0. The van der Waals surface area contributed by atoms with Gasteiger partial charge < -0.3 is 19.5 Å². The van der Waals surface area contributed by atoms with Crippen molar-refractivity contribution in [3.05, 3.63) is 36.0 Å². The first kappa shape index (κ1) is 18.3. The topological polar surface area (TPSA) is 63.6 Å². The number of benzene rings is 1. The number of alkyl carbamates (subject to hydrolysis) is 1. The minimum absolute atomic E-state index is 0.000566. The van der Waals surface area contributed by atoms with Crippen LogP contribution >= 0.6 is 0 Å². The second kappa shape index (κ2) is 7.02. The summed E-state index contributed by atoms with van der Waals surface area (Å²) in [5.41, 5.74) is 1.18. The fraction of sp³-hybridized carbons (Fsp3) is 0.500. The van der Waals surface area contributed by atoms with Crippen molar-refractivity contribution >= 4 is 22.9 Å². The van der Waals surface area contributed by atoms with Crippen molar-refractivity contribution in [3.8, 4) is 0 Å². The molecule has 1 aromatic heterocycles. The molecule has 6 heteroatoms. The Morgan fingerprint density at radius 2 is 1.96 bits per heavy atom. The molecule has 1 aliphatic rings. The summed E-state index contributed by atoms with van der Waals surface area (Å²) in [4.78, 5) is 26.8. The Labute approximate surface area is 154 Å². The van der Waals surface area contributed by atoms with E-state index in [0.717, 1.165) is 23.7 Å². The van der Waals surface area contributed by atoms with Crippen LogP contribution in [-0.4, -0.2) is 46.2 Å². The lowest BCUT2D eigenvalue weighted by Crippen LogP contribution is -2.50. The van der Waals surface area contributed by atoms with E-state index in [9.17, 15) is 9.59 Å². The highest BCUT2D eigenvalue weighted by atomic mass is 16.6. The molecular formula is C20H27N3O3. The van der Waals surface area contributed by atoms with Gasteiger partial charge in [-0.25, -0.2) is 4.79 Å². The summed E-state index contributed by atoms with van der Waals surface area (Å²) >= 11 is 0. The van der Waals surface area contributed by atoms with Gasteiger partial charge in [-0.15, -0.1) is 0 Å². The normalized spacial score (nSPS) is 18.0. The van der Waals surface area contributed by atoms with E-state index in [4.69, 9.17) is 4.74 Å². The predicted octanol–water partition coefficient (Wildman–Crippen LogP) is 3.31. The minimum Gasteiger partial charge on any atom is -0.444 e. The SMILES string of the molecule is Cn1c(C(=O)N2CCCC(NC(=O)OC(C)(C)C)C2)cc2ccccc21. The molecule has 1 atom stereocenters. The lowest BCUT2D eigenvalue weighted by Gasteiger charge is -2.33. The third-order valence-electron chi connectivity index (χ3n) is 4.60. The van der Waals surface area contributed by atoms with Gasteiger partial charge in [0.1, 0.15) is 11.3 Å². The lowest BCUT2D eigenvalue weighted by molar-refractivity contribution is 0.0451. The molecule has 0 radical (unpaired) electrons. The summed E-state index contributed by atoms with van der Waals surface area (Å²) in [6, 6.07) is 9.81. The Kier molecular flexibility index (Phi) is 4.94. The lowest BCUT2D eigenvalue weighted by atomic mass is 10.1. The Bertz CT molecular complexity index is 819. The van der Waals surface area contributed by atoms with Gasteiger partial charge in [0.2, 0.25) is 0 Å². The first-order valence-corrected chi connectivity index (χ1v) is 9.08. The number of hydrogen-bond donors (Lipinski definition) is 1. The third kappa shape index (κ3) is 4.00. The first-order chi connectivity index (χ1) is 12.2. The quantitative estimate of drug-likeness (QED) is 0.897. The maximum atomic E-state index is 13.0. The predicted molar refractivity (Wildman–Crippen MR) is 101 cm³/mol. The van der Waals surface area contributed by atoms with Crippen LogP contribution < -0.4 is 5.32 Å². The maximum Gasteiger partial charge on any atom is 0.407 e. The highest BCUT2D eigenvalue weighted by Crippen LogP contribution is 2.21. The van der Waals surface area contributed by atoms with Crippen LogP contribution in [0.1, 0.15) is 44.1 Å². The molecule has 140 valence electrons. The number of carbonyl (C=O) groups is 2. The van der Waals surface area contributed by atoms with Gasteiger partial charge in [-0.05, 0) is 45.7 Å². The molecule has 1 fully saturated rings. The second-order valence-corrected chi connectivity index (χ2v) is 7.88. The number of likely N-dealkylation sites (tertiary alicyclic amines) is 1. The van der Waals surface area contributed by atoms with E-state index in [-0.39, 0.29) is 11.9 Å². The minimum atomic E-state index is -0.530. The third-order valence-corrected chi connectivity index (χ3v) is 4.60. The van der Waals surface area contributed by atoms with E-state index in [0.29, 0.717) is 18.8 Å². The molecule has 1 unspecified atom stereocenters. The number of carbonyl (C=O) groups excluding carboxylic acids is 2. The zero-order chi connectivity index (χ0) is 18.9. The molecule has 2 aromatic rings. The number of piperidine rings is 1. The molecule has 26 heavy (non-hydrogen) atoms. The van der Waals surface area contributed by atoms with Crippen molar-refractivity contribution in [2.45, 2.75) is 45.3 Å². The van der Waals surface area contributed by atoms with Crippen molar-refractivity contribution in [1.82, 2.24) is 14.8 Å². The zero-order valence-electron chi connectivity index (χ0n) is 15.9. The van der Waals surface area contributed by atoms with E-state index < -0.39 is 11.7 Å². The van der Waals surface area contributed by atoms with Gasteiger partial charge in [-0.1, -0.05) is 18.2 Å². The van der Waals surface area contributed by atoms with Crippen LogP contribution in [0, 0.1) is 0 Å². The molecule has 1 N–H and O–H groups in total. The van der Waals surface area contributed by atoms with Crippen LogP contribution in [0.5, 0.6) is 0 Å². The van der Waals surface area contributed by atoms with E-state index in [1.54, 1.807) is 0 Å². The number of amides is 2. The molecular weight excluding hydrogens is 330 g/mol. The summed E-state index contributed by atoms with van der Waals surface area (Å²) in [5.74, 6) is -0.000566. The van der Waals surface area contributed by atoms with E-state index in [1.165, 1.54) is 0 Å². The van der Waals surface area contributed by atoms with Gasteiger partial charge in [-0.2, -0.15) is 0 Å². The van der Waals surface area contributed by atoms with Crippen LogP contribution in [0.4, 0.5) is 4.79 Å². The summed E-state index contributed by atoms with van der Waals surface area (Å²) in [7, 11) is 1.91. The Hall–Kier alpha value is -2.50. The summed E-state index contributed by atoms with van der Waals surface area (Å²) in [6.07, 6.45) is 1.27. The van der Waals surface area contributed by atoms with Crippen LogP contribution in [0.25, 0.3) is 10.9 Å². The van der Waals surface area contributed by atoms with Gasteiger partial charge >= 0.3 is 6.09 Å². The molecule has 1 aromatic carbocycles. The fourth-order valence-electron chi connectivity index (χ4n) is 3.41. The van der Waals surface area contributed by atoms with E-state index >= 15 is 0 Å². The monoisotopic (exact) mass is 357 g/mol. The molecule has 0 spiro atoms. The van der Waals surface area contributed by atoms with Crippen LogP contribution in [0.3, 0.4) is 0 Å². The van der Waals surface area contributed by atoms with Gasteiger partial charge in [0, 0.05) is 37.1 Å². The highest BCUT2D eigenvalue weighted by Gasteiger charge is 2.28. The summed E-state index contributed by atoms with van der Waals surface area (Å²) in [6.45, 7) is 6.71. The van der Waals surface area contributed by atoms with Gasteiger partial charge in [0.05, 0.1) is 0 Å². The Balaban J connectivity index is 1.69. The summed E-state index contributed by atoms with van der Waals surface area (Å²) in [5, 5.41) is 3.95. The standard InChI is InChI=1S/C20H27N3O3/c1-20(2,3)26-19(25)21-15-9-7-11-23(13-15)18(24)17-12-14-8-5-6-10-16(14)22(17)4/h5-6,8,10,12,15H,7,9,11,13H2,1-4H3,(H,21,25). The Morgan fingerprint density at radius 3 is 2.65 bits per heavy atom. The smallest absolute Gasteiger partial charge is 0.407 e. The molecule has 0 saturated carbocycles. The number of ether oxygens (including phenoxy) is 1. The number of aryl methyl sites for hydroxylation is 1. The van der Waals surface area contributed by atoms with Crippen molar-refractivity contribution in [2.24, 2.45) is 7.05 Å². The average molecular weight is 357 g/mol. The molecule has 6 nitrogen and oxygen atoms in total. The number of nitrogens with one attached hydrogen (secondary N) is 1. The number of aromatic nitrogens is 1. The number of fused-ring (bicyclic) bond motifs is 1. The van der Waals surface area contributed by atoms with Crippen LogP contribution in [-0.2, 0) is 11.8 Å². The molecule has 1 saturated heterocycles. The van der Waals surface area contributed by atoms with Gasteiger partial charge in [-0.3, -0.25) is 4.79 Å². The van der Waals surface area contributed by atoms with Crippen molar-refractivity contribution in [2.75, 3.05) is 13.1 Å². The molecule has 0 aliphatic carbocycles. The molecule has 2 amide bonds. The second-order valence-electron chi connectivity index (χ2n) is 7.88. The number of rotatable bonds is 2. The van der Waals surface area contributed by atoms with Crippen molar-refractivity contribution < 1.29 is 14.3 Å². The summed E-state index contributed by atoms with van der Waals surface area (Å²) < 4.78 is 7.26. The van der Waals surface area contributed by atoms with E-state index in [2.05, 4.69) is 5.32 Å². The largest absolute Gasteiger partial charge is 0.444 e. The Morgan fingerprint density at radius 1 is 1.23 bits per heavy atom. The van der Waals surface area contributed by atoms with Crippen molar-refractivity contribution in [3.63, 3.8) is 0 Å². The zero-order valence-corrected chi connectivity index (χ0v) is 15.9. The molecule has 3 rings (SSSR count). The average Bonchev–Trinajstić information content (AvgIpc) is 2.90. The van der Waals surface area contributed by atoms with Gasteiger partial charge in [0.15, 0.2) is 0 Å². The van der Waals surface area contributed by atoms with Gasteiger partial charge in [0.25, 0.3) is 5.91 Å². The highest BCUT2D eigenvalue weighted by molar-refractivity contribution is 5.98. The number of hydrogen-bond acceptors (Lipinski definition) is 3.